The third-order valence-corrected chi connectivity index (χ3v) is 3.60. The van der Waals surface area contributed by atoms with Crippen molar-refractivity contribution in [1.82, 2.24) is 14.8 Å². The second kappa shape index (κ2) is 4.70. The van der Waals surface area contributed by atoms with Crippen LogP contribution in [-0.4, -0.2) is 14.8 Å². The highest BCUT2D eigenvalue weighted by atomic mass is 15.3. The average molecular weight is 227 g/mol. The van der Waals surface area contributed by atoms with Crippen molar-refractivity contribution in [2.75, 3.05) is 0 Å². The van der Waals surface area contributed by atoms with E-state index in [1.165, 1.54) is 25.7 Å². The minimum Gasteiger partial charge on any atom is -0.286 e. The Bertz CT molecular complexity index is 469. The lowest BCUT2D eigenvalue weighted by molar-refractivity contribution is 0.525. The summed E-state index contributed by atoms with van der Waals surface area (Å²) in [6, 6.07) is 10.3. The summed E-state index contributed by atoms with van der Waals surface area (Å²) in [7, 11) is 0. The highest BCUT2D eigenvalue weighted by molar-refractivity contribution is 5.32. The van der Waals surface area contributed by atoms with Crippen LogP contribution in [0.3, 0.4) is 0 Å². The standard InChI is InChI=1S/C14H17N3/c1-2-8-13(9-3-1)17-11-15-16-14(17)10-12-6-4-5-7-12/h1-3,8-9,11-12H,4-7,10H2. The highest BCUT2D eigenvalue weighted by Crippen LogP contribution is 2.27. The van der Waals surface area contributed by atoms with Crippen molar-refractivity contribution in [3.05, 3.63) is 42.5 Å². The first-order valence-corrected chi connectivity index (χ1v) is 6.38. The van der Waals surface area contributed by atoms with Crippen LogP contribution in [0.4, 0.5) is 0 Å². The Morgan fingerprint density at radius 1 is 1.12 bits per heavy atom. The van der Waals surface area contributed by atoms with E-state index in [-0.39, 0.29) is 0 Å². The van der Waals surface area contributed by atoms with Gasteiger partial charge in [-0.05, 0) is 18.1 Å². The van der Waals surface area contributed by atoms with Crippen LogP contribution in [-0.2, 0) is 6.42 Å². The Morgan fingerprint density at radius 2 is 1.88 bits per heavy atom. The molecule has 0 bridgehead atoms. The van der Waals surface area contributed by atoms with Crippen molar-refractivity contribution in [3.8, 4) is 5.69 Å². The van der Waals surface area contributed by atoms with Gasteiger partial charge in [-0.1, -0.05) is 43.9 Å². The van der Waals surface area contributed by atoms with E-state index in [0.717, 1.165) is 23.9 Å². The molecule has 88 valence electrons. The highest BCUT2D eigenvalue weighted by Gasteiger charge is 2.18. The maximum Gasteiger partial charge on any atom is 0.137 e. The molecular weight excluding hydrogens is 210 g/mol. The van der Waals surface area contributed by atoms with Gasteiger partial charge in [-0.2, -0.15) is 0 Å². The van der Waals surface area contributed by atoms with Gasteiger partial charge in [0.25, 0.3) is 0 Å². The zero-order valence-electron chi connectivity index (χ0n) is 9.92. The number of para-hydroxylation sites is 1. The van der Waals surface area contributed by atoms with Crippen molar-refractivity contribution in [2.45, 2.75) is 32.1 Å². The van der Waals surface area contributed by atoms with Crippen LogP contribution < -0.4 is 0 Å². The molecule has 3 rings (SSSR count). The molecule has 0 aliphatic heterocycles. The molecule has 0 amide bonds. The molecule has 1 aliphatic carbocycles. The van der Waals surface area contributed by atoms with E-state index in [2.05, 4.69) is 39.0 Å². The Hall–Kier alpha value is -1.64. The lowest BCUT2D eigenvalue weighted by Gasteiger charge is -2.10. The first-order chi connectivity index (χ1) is 8.43. The topological polar surface area (TPSA) is 30.7 Å². The molecule has 1 aliphatic rings. The SMILES string of the molecule is c1ccc(-n2cnnc2CC2CCCC2)cc1. The molecule has 0 atom stereocenters. The van der Waals surface area contributed by atoms with Gasteiger partial charge in [-0.25, -0.2) is 0 Å². The molecule has 17 heavy (non-hydrogen) atoms. The van der Waals surface area contributed by atoms with Gasteiger partial charge < -0.3 is 0 Å². The van der Waals surface area contributed by atoms with E-state index >= 15 is 0 Å². The number of aromatic nitrogens is 3. The molecule has 1 fully saturated rings. The summed E-state index contributed by atoms with van der Waals surface area (Å²) >= 11 is 0. The molecule has 3 nitrogen and oxygen atoms in total. The number of rotatable bonds is 3. The first kappa shape index (κ1) is 10.5. The molecule has 0 radical (unpaired) electrons. The van der Waals surface area contributed by atoms with Crippen molar-refractivity contribution in [3.63, 3.8) is 0 Å². The Morgan fingerprint density at radius 3 is 2.65 bits per heavy atom. The minimum absolute atomic E-state index is 0.807. The third-order valence-electron chi connectivity index (χ3n) is 3.60. The normalized spacial score (nSPS) is 16.5. The molecule has 3 heteroatoms. The molecule has 0 unspecified atom stereocenters. The van der Waals surface area contributed by atoms with Crippen molar-refractivity contribution in [2.24, 2.45) is 5.92 Å². The molecule has 1 aromatic heterocycles. The van der Waals surface area contributed by atoms with Crippen molar-refractivity contribution in [1.29, 1.82) is 0 Å². The van der Waals surface area contributed by atoms with Gasteiger partial charge in [0.2, 0.25) is 0 Å². The Balaban J connectivity index is 1.84. The lowest BCUT2D eigenvalue weighted by Crippen LogP contribution is -2.06. The lowest BCUT2D eigenvalue weighted by atomic mass is 10.0. The smallest absolute Gasteiger partial charge is 0.137 e. The molecule has 0 saturated heterocycles. The predicted octanol–water partition coefficient (Wildman–Crippen LogP) is 3.00. The van der Waals surface area contributed by atoms with Crippen LogP contribution in [0.5, 0.6) is 0 Å². The zero-order valence-corrected chi connectivity index (χ0v) is 9.92. The van der Waals surface area contributed by atoms with Gasteiger partial charge in [0.05, 0.1) is 0 Å². The quantitative estimate of drug-likeness (QED) is 0.807. The summed E-state index contributed by atoms with van der Waals surface area (Å²) in [4.78, 5) is 0. The zero-order chi connectivity index (χ0) is 11.5. The number of nitrogens with zero attached hydrogens (tertiary/aromatic N) is 3. The number of hydrogen-bond donors (Lipinski definition) is 0. The predicted molar refractivity (Wildman–Crippen MR) is 67.0 cm³/mol. The van der Waals surface area contributed by atoms with E-state index < -0.39 is 0 Å². The van der Waals surface area contributed by atoms with Crippen LogP contribution in [0.2, 0.25) is 0 Å². The van der Waals surface area contributed by atoms with Gasteiger partial charge in [-0.3, -0.25) is 4.57 Å². The van der Waals surface area contributed by atoms with Crippen LogP contribution in [0.1, 0.15) is 31.5 Å². The largest absolute Gasteiger partial charge is 0.286 e. The molecule has 2 aromatic rings. The number of hydrogen-bond acceptors (Lipinski definition) is 2. The first-order valence-electron chi connectivity index (χ1n) is 6.38. The maximum atomic E-state index is 4.27. The van der Waals surface area contributed by atoms with Crippen molar-refractivity contribution < 1.29 is 0 Å². The Labute approximate surface area is 101 Å². The molecule has 0 spiro atoms. The summed E-state index contributed by atoms with van der Waals surface area (Å²) in [6.45, 7) is 0. The number of benzene rings is 1. The van der Waals surface area contributed by atoms with Gasteiger partial charge in [0.15, 0.2) is 0 Å². The molecule has 1 saturated carbocycles. The molecule has 0 N–H and O–H groups in total. The minimum atomic E-state index is 0.807. The fourth-order valence-electron chi connectivity index (χ4n) is 2.68. The van der Waals surface area contributed by atoms with Crippen LogP contribution >= 0.6 is 0 Å². The average Bonchev–Trinajstić information content (AvgIpc) is 3.02. The molecule has 1 heterocycles. The van der Waals surface area contributed by atoms with E-state index in [4.69, 9.17) is 0 Å². The van der Waals surface area contributed by atoms with Gasteiger partial charge >= 0.3 is 0 Å². The van der Waals surface area contributed by atoms with E-state index in [1.807, 2.05) is 12.4 Å². The Kier molecular flexibility index (Phi) is 2.90. The maximum absolute atomic E-state index is 4.27. The summed E-state index contributed by atoms with van der Waals surface area (Å²) < 4.78 is 2.11. The van der Waals surface area contributed by atoms with E-state index in [1.54, 1.807) is 0 Å². The molecule has 1 aromatic carbocycles. The van der Waals surface area contributed by atoms with Gasteiger partial charge in [-0.15, -0.1) is 10.2 Å². The van der Waals surface area contributed by atoms with Crippen LogP contribution in [0, 0.1) is 5.92 Å². The van der Waals surface area contributed by atoms with E-state index in [9.17, 15) is 0 Å². The second-order valence-corrected chi connectivity index (χ2v) is 4.81. The summed E-state index contributed by atoms with van der Waals surface area (Å²) in [6.07, 6.45) is 8.34. The van der Waals surface area contributed by atoms with Crippen LogP contribution in [0.25, 0.3) is 5.69 Å². The fourth-order valence-corrected chi connectivity index (χ4v) is 2.68. The third kappa shape index (κ3) is 2.23. The summed E-state index contributed by atoms with van der Waals surface area (Å²) in [5.74, 6) is 1.91. The van der Waals surface area contributed by atoms with Crippen LogP contribution in [0.15, 0.2) is 36.7 Å². The monoisotopic (exact) mass is 227 g/mol. The van der Waals surface area contributed by atoms with Gasteiger partial charge in [0, 0.05) is 12.1 Å². The van der Waals surface area contributed by atoms with Crippen molar-refractivity contribution >= 4 is 0 Å². The summed E-state index contributed by atoms with van der Waals surface area (Å²) in [5, 5.41) is 8.32. The molecular formula is C14H17N3. The summed E-state index contributed by atoms with van der Waals surface area (Å²) in [5.41, 5.74) is 1.16. The van der Waals surface area contributed by atoms with Gasteiger partial charge in [0.1, 0.15) is 12.2 Å². The second-order valence-electron chi connectivity index (χ2n) is 4.81. The van der Waals surface area contributed by atoms with E-state index in [0.29, 0.717) is 0 Å². The fraction of sp³-hybridized carbons (Fsp3) is 0.429.